The molecule has 3 N–H and O–H groups in total. The van der Waals surface area contributed by atoms with Crippen molar-refractivity contribution in [1.82, 2.24) is 10.2 Å². The maximum atomic E-state index is 12.0. The number of primary amides is 1. The summed E-state index contributed by atoms with van der Waals surface area (Å²) in [6.45, 7) is 3.32. The van der Waals surface area contributed by atoms with Crippen LogP contribution >= 0.6 is 0 Å². The lowest BCUT2D eigenvalue weighted by molar-refractivity contribution is 0.0952. The normalized spacial score (nSPS) is 21.9. The highest BCUT2D eigenvalue weighted by Crippen LogP contribution is 2.29. The molecule has 0 spiro atoms. The van der Waals surface area contributed by atoms with Crippen LogP contribution in [0.3, 0.4) is 0 Å². The fraction of sp³-hybridized carbons (Fsp3) is 0.500. The molecule has 1 unspecified atom stereocenters. The van der Waals surface area contributed by atoms with Crippen LogP contribution in [0.15, 0.2) is 18.2 Å². The van der Waals surface area contributed by atoms with E-state index in [0.29, 0.717) is 11.1 Å². The Morgan fingerprint density at radius 1 is 1.29 bits per heavy atom. The minimum Gasteiger partial charge on any atom is -0.366 e. The van der Waals surface area contributed by atoms with E-state index in [1.165, 1.54) is 19.3 Å². The summed E-state index contributed by atoms with van der Waals surface area (Å²) in [5.74, 6) is -0.598. The van der Waals surface area contributed by atoms with Crippen LogP contribution in [-0.2, 0) is 0 Å². The second kappa shape index (κ2) is 5.85. The number of piperidine rings is 1. The van der Waals surface area contributed by atoms with Gasteiger partial charge >= 0.3 is 0 Å². The Morgan fingerprint density at radius 3 is 2.76 bits per heavy atom. The summed E-state index contributed by atoms with van der Waals surface area (Å²) in [5, 5.41) is 3.01. The van der Waals surface area contributed by atoms with Crippen molar-refractivity contribution in [1.29, 1.82) is 0 Å². The van der Waals surface area contributed by atoms with E-state index < -0.39 is 5.91 Å². The molecule has 3 rings (SSSR count). The van der Waals surface area contributed by atoms with Gasteiger partial charge in [-0.15, -0.1) is 0 Å². The Labute approximate surface area is 124 Å². The first-order valence-corrected chi connectivity index (χ1v) is 7.62. The van der Waals surface area contributed by atoms with Crippen molar-refractivity contribution in [2.75, 3.05) is 19.6 Å². The van der Waals surface area contributed by atoms with Crippen LogP contribution in [0, 0.1) is 0 Å². The van der Waals surface area contributed by atoms with Crippen molar-refractivity contribution < 1.29 is 9.59 Å². The molecule has 2 aliphatic rings. The average molecular weight is 287 g/mol. The lowest BCUT2D eigenvalue weighted by atomic mass is 9.99. The second-order valence-electron chi connectivity index (χ2n) is 5.88. The fourth-order valence-corrected chi connectivity index (χ4v) is 3.25. The number of fused-ring (bicyclic) bond motifs is 1. The molecule has 21 heavy (non-hydrogen) atoms. The van der Waals surface area contributed by atoms with Gasteiger partial charge in [0.2, 0.25) is 5.91 Å². The molecular formula is C16H21N3O2. The standard InChI is InChI=1S/C16H21N3O2/c17-15(20)11-4-5-12-13(10-11)16(21)18-14(12)6-9-19-7-2-1-3-8-19/h4-5,10,14H,1-3,6-9H2,(H2,17,20)(H,18,21). The van der Waals surface area contributed by atoms with E-state index in [9.17, 15) is 9.59 Å². The number of hydrogen-bond donors (Lipinski definition) is 2. The van der Waals surface area contributed by atoms with E-state index in [4.69, 9.17) is 5.73 Å². The van der Waals surface area contributed by atoms with Crippen LogP contribution in [-0.4, -0.2) is 36.3 Å². The van der Waals surface area contributed by atoms with Crippen molar-refractivity contribution in [3.8, 4) is 0 Å². The number of benzene rings is 1. The number of carbonyl (C=O) groups excluding carboxylic acids is 2. The molecule has 2 aliphatic heterocycles. The first-order chi connectivity index (χ1) is 10.1. The molecule has 1 saturated heterocycles. The maximum absolute atomic E-state index is 12.0. The number of amides is 2. The van der Waals surface area contributed by atoms with Gasteiger partial charge in [-0.3, -0.25) is 9.59 Å². The lowest BCUT2D eigenvalue weighted by Gasteiger charge is -2.27. The number of nitrogens with two attached hydrogens (primary N) is 1. The highest BCUT2D eigenvalue weighted by atomic mass is 16.2. The molecule has 112 valence electrons. The van der Waals surface area contributed by atoms with Gasteiger partial charge in [0.25, 0.3) is 5.91 Å². The Kier molecular flexibility index (Phi) is 3.92. The van der Waals surface area contributed by atoms with Crippen molar-refractivity contribution >= 4 is 11.8 Å². The van der Waals surface area contributed by atoms with E-state index >= 15 is 0 Å². The Balaban J connectivity index is 1.69. The quantitative estimate of drug-likeness (QED) is 0.880. The molecule has 1 atom stereocenters. The topological polar surface area (TPSA) is 75.4 Å². The molecule has 5 nitrogen and oxygen atoms in total. The van der Waals surface area contributed by atoms with Crippen LogP contribution in [0.4, 0.5) is 0 Å². The Hall–Kier alpha value is -1.88. The summed E-state index contributed by atoms with van der Waals surface area (Å²) in [6, 6.07) is 5.22. The highest BCUT2D eigenvalue weighted by molar-refractivity contribution is 6.02. The second-order valence-corrected chi connectivity index (χ2v) is 5.88. The molecule has 1 fully saturated rings. The number of hydrogen-bond acceptors (Lipinski definition) is 3. The average Bonchev–Trinajstić information content (AvgIpc) is 2.82. The van der Waals surface area contributed by atoms with Gasteiger partial charge in [-0.1, -0.05) is 12.5 Å². The third-order valence-corrected chi connectivity index (χ3v) is 4.45. The van der Waals surface area contributed by atoms with Gasteiger partial charge in [-0.05, 0) is 50.0 Å². The fourth-order valence-electron chi connectivity index (χ4n) is 3.25. The molecule has 1 aromatic carbocycles. The Bertz CT molecular complexity index is 565. The van der Waals surface area contributed by atoms with E-state index in [1.54, 1.807) is 12.1 Å². The van der Waals surface area contributed by atoms with Gasteiger partial charge in [0.1, 0.15) is 0 Å². The molecule has 2 heterocycles. The van der Waals surface area contributed by atoms with E-state index in [1.807, 2.05) is 6.07 Å². The van der Waals surface area contributed by atoms with Crippen LogP contribution in [0.1, 0.15) is 58.0 Å². The highest BCUT2D eigenvalue weighted by Gasteiger charge is 2.29. The predicted molar refractivity (Wildman–Crippen MR) is 80.1 cm³/mol. The molecule has 0 bridgehead atoms. The van der Waals surface area contributed by atoms with E-state index in [2.05, 4.69) is 10.2 Å². The van der Waals surface area contributed by atoms with E-state index in [-0.39, 0.29) is 11.9 Å². The van der Waals surface area contributed by atoms with Crippen LogP contribution in [0.25, 0.3) is 0 Å². The van der Waals surface area contributed by atoms with Crippen LogP contribution < -0.4 is 11.1 Å². The summed E-state index contributed by atoms with van der Waals surface area (Å²) in [5.41, 5.74) is 7.24. The first-order valence-electron chi connectivity index (χ1n) is 7.62. The smallest absolute Gasteiger partial charge is 0.252 e. The summed E-state index contributed by atoms with van der Waals surface area (Å²) in [4.78, 5) is 25.7. The molecule has 1 aromatic rings. The summed E-state index contributed by atoms with van der Waals surface area (Å²) >= 11 is 0. The van der Waals surface area contributed by atoms with Crippen molar-refractivity contribution in [3.63, 3.8) is 0 Å². The zero-order valence-electron chi connectivity index (χ0n) is 12.1. The largest absolute Gasteiger partial charge is 0.366 e. The van der Waals surface area contributed by atoms with Gasteiger partial charge < -0.3 is 16.0 Å². The predicted octanol–water partition coefficient (Wildman–Crippen LogP) is 1.45. The molecule has 2 amide bonds. The van der Waals surface area contributed by atoms with Crippen molar-refractivity contribution in [3.05, 3.63) is 34.9 Å². The molecule has 5 heteroatoms. The summed E-state index contributed by atoms with van der Waals surface area (Å²) in [6.07, 6.45) is 4.79. The monoisotopic (exact) mass is 287 g/mol. The summed E-state index contributed by atoms with van der Waals surface area (Å²) < 4.78 is 0. The Morgan fingerprint density at radius 2 is 2.05 bits per heavy atom. The van der Waals surface area contributed by atoms with Crippen molar-refractivity contribution in [2.45, 2.75) is 31.7 Å². The van der Waals surface area contributed by atoms with Gasteiger partial charge in [0.15, 0.2) is 0 Å². The van der Waals surface area contributed by atoms with Crippen LogP contribution in [0.2, 0.25) is 0 Å². The minimum absolute atomic E-state index is 0.0522. The third kappa shape index (κ3) is 2.93. The number of rotatable bonds is 4. The summed E-state index contributed by atoms with van der Waals surface area (Å²) in [7, 11) is 0. The third-order valence-electron chi connectivity index (χ3n) is 4.45. The molecule has 0 saturated carbocycles. The number of nitrogens with zero attached hydrogens (tertiary/aromatic N) is 1. The van der Waals surface area contributed by atoms with Gasteiger partial charge in [-0.2, -0.15) is 0 Å². The van der Waals surface area contributed by atoms with Gasteiger partial charge in [-0.25, -0.2) is 0 Å². The first kappa shape index (κ1) is 14.1. The molecule has 0 radical (unpaired) electrons. The number of carbonyl (C=O) groups is 2. The minimum atomic E-state index is -0.498. The van der Waals surface area contributed by atoms with Gasteiger partial charge in [0.05, 0.1) is 6.04 Å². The molecule has 0 aromatic heterocycles. The number of nitrogens with one attached hydrogen (secondary N) is 1. The van der Waals surface area contributed by atoms with Crippen molar-refractivity contribution in [2.24, 2.45) is 5.73 Å². The SMILES string of the molecule is NC(=O)c1ccc2c(c1)C(=O)NC2CCN1CCCCC1. The number of likely N-dealkylation sites (tertiary alicyclic amines) is 1. The molecular weight excluding hydrogens is 266 g/mol. The zero-order chi connectivity index (χ0) is 14.8. The maximum Gasteiger partial charge on any atom is 0.252 e. The van der Waals surface area contributed by atoms with E-state index in [0.717, 1.165) is 31.6 Å². The lowest BCUT2D eigenvalue weighted by Crippen LogP contribution is -2.32. The van der Waals surface area contributed by atoms with Gasteiger partial charge in [0, 0.05) is 17.7 Å². The van der Waals surface area contributed by atoms with Crippen LogP contribution in [0.5, 0.6) is 0 Å². The molecule has 0 aliphatic carbocycles. The zero-order valence-corrected chi connectivity index (χ0v) is 12.1.